The highest BCUT2D eigenvalue weighted by Gasteiger charge is 2.16. The molecule has 2 aromatic rings. The predicted octanol–water partition coefficient (Wildman–Crippen LogP) is 3.64. The van der Waals surface area contributed by atoms with Gasteiger partial charge < -0.3 is 0 Å². The summed E-state index contributed by atoms with van der Waals surface area (Å²) < 4.78 is 39.4. The molecule has 2 rings (SSSR count). The highest BCUT2D eigenvalue weighted by molar-refractivity contribution is 5.70. The Morgan fingerprint density at radius 2 is 1.53 bits per heavy atom. The van der Waals surface area contributed by atoms with Crippen LogP contribution < -0.4 is 0 Å². The van der Waals surface area contributed by atoms with Crippen LogP contribution in [0.5, 0.6) is 0 Å². The third-order valence-corrected chi connectivity index (χ3v) is 2.37. The Morgan fingerprint density at radius 3 is 2.24 bits per heavy atom. The van der Waals surface area contributed by atoms with Crippen LogP contribution in [0, 0.1) is 28.8 Å². The second-order valence-corrected chi connectivity index (χ2v) is 3.38. The van der Waals surface area contributed by atoms with E-state index < -0.39 is 17.5 Å². The standard InChI is InChI=1S/C13H6F3N/c14-11-6-5-10(12(15)13(11)16)9-4-2-1-3-8(9)7-17/h1-6H. The van der Waals surface area contributed by atoms with E-state index in [9.17, 15) is 13.2 Å². The van der Waals surface area contributed by atoms with Crippen LogP contribution in [0.1, 0.15) is 5.56 Å². The summed E-state index contributed by atoms with van der Waals surface area (Å²) in [6.45, 7) is 0. The van der Waals surface area contributed by atoms with E-state index in [0.717, 1.165) is 12.1 Å². The van der Waals surface area contributed by atoms with Crippen molar-refractivity contribution in [2.75, 3.05) is 0 Å². The third-order valence-electron chi connectivity index (χ3n) is 2.37. The van der Waals surface area contributed by atoms with E-state index in [1.54, 1.807) is 12.1 Å². The van der Waals surface area contributed by atoms with Crippen molar-refractivity contribution in [2.24, 2.45) is 0 Å². The molecule has 0 radical (unpaired) electrons. The summed E-state index contributed by atoms with van der Waals surface area (Å²) in [6, 6.07) is 9.99. The zero-order valence-electron chi connectivity index (χ0n) is 8.55. The normalized spacial score (nSPS) is 10.0. The Balaban J connectivity index is 2.70. The van der Waals surface area contributed by atoms with Gasteiger partial charge in [-0.15, -0.1) is 0 Å². The lowest BCUT2D eigenvalue weighted by molar-refractivity contribution is 0.449. The zero-order chi connectivity index (χ0) is 12.4. The maximum absolute atomic E-state index is 13.5. The molecule has 4 heteroatoms. The van der Waals surface area contributed by atoms with Crippen LogP contribution in [0.3, 0.4) is 0 Å². The van der Waals surface area contributed by atoms with Gasteiger partial charge in [0, 0.05) is 11.1 Å². The van der Waals surface area contributed by atoms with Crippen LogP contribution in [0.2, 0.25) is 0 Å². The minimum absolute atomic E-state index is 0.124. The number of halogens is 3. The van der Waals surface area contributed by atoms with Crippen molar-refractivity contribution in [3.05, 3.63) is 59.4 Å². The summed E-state index contributed by atoms with van der Waals surface area (Å²) in [7, 11) is 0. The Kier molecular flexibility index (Phi) is 2.84. The van der Waals surface area contributed by atoms with Crippen molar-refractivity contribution in [3.8, 4) is 17.2 Å². The molecule has 0 spiro atoms. The summed E-state index contributed by atoms with van der Waals surface area (Å²) >= 11 is 0. The van der Waals surface area contributed by atoms with Crippen molar-refractivity contribution >= 4 is 0 Å². The average Bonchev–Trinajstić information content (AvgIpc) is 2.36. The van der Waals surface area contributed by atoms with Crippen LogP contribution in [0.4, 0.5) is 13.2 Å². The van der Waals surface area contributed by atoms with Crippen molar-refractivity contribution in [1.82, 2.24) is 0 Å². The first kappa shape index (κ1) is 11.2. The van der Waals surface area contributed by atoms with Gasteiger partial charge in [-0.3, -0.25) is 0 Å². The minimum Gasteiger partial charge on any atom is -0.204 e. The molecular weight excluding hydrogens is 227 g/mol. The molecule has 0 saturated carbocycles. The van der Waals surface area contributed by atoms with Gasteiger partial charge in [0.1, 0.15) is 0 Å². The molecule has 17 heavy (non-hydrogen) atoms. The largest absolute Gasteiger partial charge is 0.204 e. The summed E-state index contributed by atoms with van der Waals surface area (Å²) in [6.07, 6.45) is 0. The molecule has 0 unspecified atom stereocenters. The first-order chi connectivity index (χ1) is 8.15. The van der Waals surface area contributed by atoms with E-state index in [0.29, 0.717) is 0 Å². The van der Waals surface area contributed by atoms with E-state index in [4.69, 9.17) is 5.26 Å². The minimum atomic E-state index is -1.53. The summed E-state index contributed by atoms with van der Waals surface area (Å²) in [5.41, 5.74) is 0.324. The van der Waals surface area contributed by atoms with Gasteiger partial charge in [-0.1, -0.05) is 18.2 Å². The molecule has 0 atom stereocenters. The van der Waals surface area contributed by atoms with Gasteiger partial charge in [-0.2, -0.15) is 5.26 Å². The molecule has 84 valence electrons. The Bertz CT molecular complexity index is 615. The predicted molar refractivity (Wildman–Crippen MR) is 56.5 cm³/mol. The maximum atomic E-state index is 13.5. The van der Waals surface area contributed by atoms with Gasteiger partial charge in [0.2, 0.25) is 0 Å². The van der Waals surface area contributed by atoms with Crippen LogP contribution >= 0.6 is 0 Å². The van der Waals surface area contributed by atoms with Gasteiger partial charge in [0.15, 0.2) is 17.5 Å². The number of benzene rings is 2. The zero-order valence-corrected chi connectivity index (χ0v) is 8.55. The molecule has 0 heterocycles. The molecule has 0 N–H and O–H groups in total. The van der Waals surface area contributed by atoms with E-state index >= 15 is 0 Å². The van der Waals surface area contributed by atoms with Crippen molar-refractivity contribution < 1.29 is 13.2 Å². The molecule has 0 aliphatic carbocycles. The highest BCUT2D eigenvalue weighted by atomic mass is 19.2. The lowest BCUT2D eigenvalue weighted by Crippen LogP contribution is -1.95. The SMILES string of the molecule is N#Cc1ccccc1-c1ccc(F)c(F)c1F. The molecule has 2 aromatic carbocycles. The molecule has 1 nitrogen and oxygen atoms in total. The Labute approximate surface area is 95.7 Å². The van der Waals surface area contributed by atoms with Crippen LogP contribution in [-0.4, -0.2) is 0 Å². The van der Waals surface area contributed by atoms with Crippen molar-refractivity contribution in [3.63, 3.8) is 0 Å². The molecule has 0 bridgehead atoms. The first-order valence-corrected chi connectivity index (χ1v) is 4.78. The number of nitriles is 1. The molecule has 0 amide bonds. The quantitative estimate of drug-likeness (QED) is 0.690. The van der Waals surface area contributed by atoms with E-state index in [2.05, 4.69) is 0 Å². The number of nitrogens with zero attached hydrogens (tertiary/aromatic N) is 1. The van der Waals surface area contributed by atoms with Gasteiger partial charge in [-0.25, -0.2) is 13.2 Å². The van der Waals surface area contributed by atoms with Gasteiger partial charge in [0.05, 0.1) is 11.6 Å². The van der Waals surface area contributed by atoms with Crippen LogP contribution in [0.25, 0.3) is 11.1 Å². The average molecular weight is 233 g/mol. The molecular formula is C13H6F3N. The fourth-order valence-electron chi connectivity index (χ4n) is 1.55. The Hall–Kier alpha value is -2.28. The summed E-state index contributed by atoms with van der Waals surface area (Å²) in [5.74, 6) is -4.07. The molecule has 0 fully saturated rings. The Morgan fingerprint density at radius 1 is 0.824 bits per heavy atom. The first-order valence-electron chi connectivity index (χ1n) is 4.78. The van der Waals surface area contributed by atoms with Gasteiger partial charge >= 0.3 is 0 Å². The van der Waals surface area contributed by atoms with E-state index in [1.165, 1.54) is 12.1 Å². The summed E-state index contributed by atoms with van der Waals surface area (Å²) in [5, 5.41) is 8.85. The molecule has 0 aromatic heterocycles. The third kappa shape index (κ3) is 1.87. The second kappa shape index (κ2) is 4.30. The fraction of sp³-hybridized carbons (Fsp3) is 0. The van der Waals surface area contributed by atoms with E-state index in [-0.39, 0.29) is 16.7 Å². The monoisotopic (exact) mass is 233 g/mol. The van der Waals surface area contributed by atoms with Gasteiger partial charge in [0.25, 0.3) is 0 Å². The molecule has 0 saturated heterocycles. The van der Waals surface area contributed by atoms with Crippen LogP contribution in [-0.2, 0) is 0 Å². The maximum Gasteiger partial charge on any atom is 0.195 e. The van der Waals surface area contributed by atoms with E-state index in [1.807, 2.05) is 6.07 Å². The molecule has 0 aliphatic heterocycles. The van der Waals surface area contributed by atoms with Crippen molar-refractivity contribution in [1.29, 1.82) is 5.26 Å². The smallest absolute Gasteiger partial charge is 0.195 e. The molecule has 0 aliphatic rings. The lowest BCUT2D eigenvalue weighted by atomic mass is 10.00. The number of hydrogen-bond acceptors (Lipinski definition) is 1. The highest BCUT2D eigenvalue weighted by Crippen LogP contribution is 2.28. The fourth-order valence-corrected chi connectivity index (χ4v) is 1.55. The van der Waals surface area contributed by atoms with Crippen molar-refractivity contribution in [2.45, 2.75) is 0 Å². The van der Waals surface area contributed by atoms with Crippen LogP contribution in [0.15, 0.2) is 36.4 Å². The number of hydrogen-bond donors (Lipinski definition) is 0. The van der Waals surface area contributed by atoms with Gasteiger partial charge in [-0.05, 0) is 18.2 Å². The second-order valence-electron chi connectivity index (χ2n) is 3.38. The number of rotatable bonds is 1. The summed E-state index contributed by atoms with van der Waals surface area (Å²) in [4.78, 5) is 0. The topological polar surface area (TPSA) is 23.8 Å². The lowest BCUT2D eigenvalue weighted by Gasteiger charge is -2.06.